The Kier molecular flexibility index (Phi) is 2.24. The molecule has 2 heterocycles. The van der Waals surface area contributed by atoms with Crippen LogP contribution in [0.25, 0.3) is 0 Å². The smallest absolute Gasteiger partial charge is 0.0873 e. The molecule has 3 nitrogen and oxygen atoms in total. The molecule has 2 fully saturated rings. The van der Waals surface area contributed by atoms with Crippen LogP contribution in [-0.2, 0) is 6.54 Å². The van der Waals surface area contributed by atoms with Gasteiger partial charge >= 0.3 is 0 Å². The van der Waals surface area contributed by atoms with Gasteiger partial charge in [-0.3, -0.25) is 4.90 Å². The first-order valence-corrected chi connectivity index (χ1v) is 5.54. The standard InChI is InChI=1S/C12H16N2O/c15-12-10-8-14(11(12)6-13-10)7-9-4-2-1-3-5-9/h1-5,10-13,15H,6-8H2/t10-,11-,12?/m1/s1. The van der Waals surface area contributed by atoms with Crippen LogP contribution in [0.4, 0.5) is 0 Å². The number of aliphatic hydroxyl groups excluding tert-OH is 1. The summed E-state index contributed by atoms with van der Waals surface area (Å²) < 4.78 is 0. The summed E-state index contributed by atoms with van der Waals surface area (Å²) >= 11 is 0. The van der Waals surface area contributed by atoms with Crippen molar-refractivity contribution in [3.63, 3.8) is 0 Å². The van der Waals surface area contributed by atoms with Gasteiger partial charge in [0.05, 0.1) is 12.1 Å². The molecule has 2 saturated heterocycles. The number of piperazine rings is 1. The molecule has 0 aromatic heterocycles. The normalized spacial score (nSPS) is 34.9. The van der Waals surface area contributed by atoms with Crippen molar-refractivity contribution in [3.05, 3.63) is 35.9 Å². The van der Waals surface area contributed by atoms with Crippen LogP contribution in [-0.4, -0.2) is 41.3 Å². The number of likely N-dealkylation sites (tertiary alicyclic amines) is 1. The zero-order chi connectivity index (χ0) is 10.3. The molecular weight excluding hydrogens is 188 g/mol. The minimum Gasteiger partial charge on any atom is -0.390 e. The maximum absolute atomic E-state index is 9.87. The summed E-state index contributed by atoms with van der Waals surface area (Å²) in [4.78, 5) is 2.38. The minimum absolute atomic E-state index is 0.172. The van der Waals surface area contributed by atoms with E-state index >= 15 is 0 Å². The third-order valence-electron chi connectivity index (χ3n) is 3.52. The minimum atomic E-state index is -0.172. The van der Waals surface area contributed by atoms with E-state index in [9.17, 15) is 5.11 Å². The second-order valence-corrected chi connectivity index (χ2v) is 4.49. The van der Waals surface area contributed by atoms with Gasteiger partial charge in [-0.05, 0) is 5.56 Å². The number of rotatable bonds is 2. The topological polar surface area (TPSA) is 35.5 Å². The van der Waals surface area contributed by atoms with Gasteiger partial charge in [0, 0.05) is 25.7 Å². The van der Waals surface area contributed by atoms with Gasteiger partial charge in [-0.25, -0.2) is 0 Å². The number of hydrogen-bond donors (Lipinski definition) is 2. The molecule has 0 aliphatic carbocycles. The Morgan fingerprint density at radius 3 is 2.73 bits per heavy atom. The molecular formula is C12H16N2O. The third kappa shape index (κ3) is 1.57. The molecule has 1 unspecified atom stereocenters. The molecule has 2 aliphatic heterocycles. The highest BCUT2D eigenvalue weighted by atomic mass is 16.3. The van der Waals surface area contributed by atoms with Crippen LogP contribution < -0.4 is 5.32 Å². The van der Waals surface area contributed by atoms with Crippen molar-refractivity contribution < 1.29 is 5.11 Å². The Morgan fingerprint density at radius 1 is 1.33 bits per heavy atom. The molecule has 1 aromatic rings. The van der Waals surface area contributed by atoms with E-state index < -0.39 is 0 Å². The van der Waals surface area contributed by atoms with Crippen molar-refractivity contribution in [2.75, 3.05) is 13.1 Å². The lowest BCUT2D eigenvalue weighted by Gasteiger charge is -2.26. The Bertz CT molecular complexity index is 341. The van der Waals surface area contributed by atoms with Crippen LogP contribution in [0, 0.1) is 0 Å². The highest BCUT2D eigenvalue weighted by Gasteiger charge is 2.45. The van der Waals surface area contributed by atoms with Crippen LogP contribution in [0.15, 0.2) is 30.3 Å². The average Bonchev–Trinajstić information content (AvgIpc) is 2.75. The van der Waals surface area contributed by atoms with Crippen molar-refractivity contribution in [1.82, 2.24) is 10.2 Å². The van der Waals surface area contributed by atoms with Gasteiger partial charge in [0.1, 0.15) is 0 Å². The van der Waals surface area contributed by atoms with E-state index in [1.54, 1.807) is 0 Å². The molecule has 0 saturated carbocycles. The molecule has 2 aliphatic rings. The van der Waals surface area contributed by atoms with Crippen LogP contribution in [0.5, 0.6) is 0 Å². The van der Waals surface area contributed by atoms with E-state index in [4.69, 9.17) is 0 Å². The quantitative estimate of drug-likeness (QED) is 0.722. The van der Waals surface area contributed by atoms with E-state index in [0.717, 1.165) is 19.6 Å². The lowest BCUT2D eigenvalue weighted by atomic mass is 10.2. The molecule has 0 amide bonds. The van der Waals surface area contributed by atoms with E-state index in [0.29, 0.717) is 12.1 Å². The van der Waals surface area contributed by atoms with Gasteiger partial charge in [0.15, 0.2) is 0 Å². The largest absolute Gasteiger partial charge is 0.390 e. The third-order valence-corrected chi connectivity index (χ3v) is 3.52. The van der Waals surface area contributed by atoms with Crippen LogP contribution >= 0.6 is 0 Å². The summed E-state index contributed by atoms with van der Waals surface area (Å²) in [5.41, 5.74) is 1.33. The lowest BCUT2D eigenvalue weighted by molar-refractivity contribution is 0.133. The fourth-order valence-electron chi connectivity index (χ4n) is 2.69. The van der Waals surface area contributed by atoms with Crippen molar-refractivity contribution in [2.24, 2.45) is 0 Å². The van der Waals surface area contributed by atoms with Crippen LogP contribution in [0.3, 0.4) is 0 Å². The monoisotopic (exact) mass is 204 g/mol. The zero-order valence-electron chi connectivity index (χ0n) is 8.63. The molecule has 80 valence electrons. The summed E-state index contributed by atoms with van der Waals surface area (Å²) in [6, 6.07) is 11.1. The van der Waals surface area contributed by atoms with Crippen LogP contribution in [0.1, 0.15) is 5.56 Å². The summed E-state index contributed by atoms with van der Waals surface area (Å²) in [5, 5.41) is 13.2. The second kappa shape index (κ2) is 3.59. The average molecular weight is 204 g/mol. The maximum atomic E-state index is 9.87. The fourth-order valence-corrected chi connectivity index (χ4v) is 2.69. The Morgan fingerprint density at radius 2 is 2.13 bits per heavy atom. The van der Waals surface area contributed by atoms with Gasteiger partial charge in [-0.1, -0.05) is 30.3 Å². The number of aliphatic hydroxyl groups is 1. The second-order valence-electron chi connectivity index (χ2n) is 4.49. The number of benzene rings is 1. The highest BCUT2D eigenvalue weighted by Crippen LogP contribution is 2.25. The molecule has 3 rings (SSSR count). The van der Waals surface area contributed by atoms with Gasteiger partial charge in [0.2, 0.25) is 0 Å². The molecule has 1 aromatic carbocycles. The number of nitrogens with zero attached hydrogens (tertiary/aromatic N) is 1. The number of fused-ring (bicyclic) bond motifs is 2. The molecule has 2 N–H and O–H groups in total. The predicted molar refractivity (Wildman–Crippen MR) is 58.4 cm³/mol. The fraction of sp³-hybridized carbons (Fsp3) is 0.500. The van der Waals surface area contributed by atoms with Gasteiger partial charge in [0.25, 0.3) is 0 Å². The molecule has 0 spiro atoms. The maximum Gasteiger partial charge on any atom is 0.0873 e. The van der Waals surface area contributed by atoms with E-state index in [1.165, 1.54) is 5.56 Å². The van der Waals surface area contributed by atoms with E-state index in [1.807, 2.05) is 6.07 Å². The first kappa shape index (κ1) is 9.33. The SMILES string of the molecule is OC1[C@H]2CN[C@@H]1CN2Cc1ccccc1. The summed E-state index contributed by atoms with van der Waals surface area (Å²) in [5.74, 6) is 0. The summed E-state index contributed by atoms with van der Waals surface area (Å²) in [7, 11) is 0. The number of nitrogens with one attached hydrogen (secondary N) is 1. The van der Waals surface area contributed by atoms with Gasteiger partial charge in [-0.2, -0.15) is 0 Å². The Labute approximate surface area is 89.7 Å². The Balaban J connectivity index is 1.71. The van der Waals surface area contributed by atoms with Crippen molar-refractivity contribution >= 4 is 0 Å². The van der Waals surface area contributed by atoms with Crippen molar-refractivity contribution in [2.45, 2.75) is 24.7 Å². The first-order valence-electron chi connectivity index (χ1n) is 5.54. The van der Waals surface area contributed by atoms with Gasteiger partial charge < -0.3 is 10.4 Å². The lowest BCUT2D eigenvalue weighted by Crippen LogP contribution is -2.42. The highest BCUT2D eigenvalue weighted by molar-refractivity contribution is 5.16. The number of hydrogen-bond acceptors (Lipinski definition) is 3. The van der Waals surface area contributed by atoms with Crippen LogP contribution in [0.2, 0.25) is 0 Å². The zero-order valence-corrected chi connectivity index (χ0v) is 8.63. The molecule has 0 radical (unpaired) electrons. The summed E-state index contributed by atoms with van der Waals surface area (Å²) in [6.07, 6.45) is -0.172. The molecule has 2 bridgehead atoms. The predicted octanol–water partition coefficient (Wildman–Crippen LogP) is 0.203. The van der Waals surface area contributed by atoms with E-state index in [2.05, 4.69) is 34.5 Å². The summed E-state index contributed by atoms with van der Waals surface area (Å²) in [6.45, 7) is 2.86. The van der Waals surface area contributed by atoms with Crippen molar-refractivity contribution in [3.8, 4) is 0 Å². The first-order chi connectivity index (χ1) is 7.34. The molecule has 3 atom stereocenters. The molecule has 3 heteroatoms. The Hall–Kier alpha value is -0.900. The van der Waals surface area contributed by atoms with E-state index in [-0.39, 0.29) is 6.10 Å². The van der Waals surface area contributed by atoms with Gasteiger partial charge in [-0.15, -0.1) is 0 Å². The van der Waals surface area contributed by atoms with Crippen molar-refractivity contribution in [1.29, 1.82) is 0 Å². The molecule has 15 heavy (non-hydrogen) atoms.